The summed E-state index contributed by atoms with van der Waals surface area (Å²) in [7, 11) is 1.49. The molecule has 4 rings (SSSR count). The van der Waals surface area contributed by atoms with Crippen LogP contribution >= 0.6 is 11.6 Å². The number of methoxy groups -OCH3 is 1. The Labute approximate surface area is 210 Å². The fraction of sp³-hybridized carbons (Fsp3) is 0.286. The number of nitrogens with one attached hydrogen (secondary N) is 2. The summed E-state index contributed by atoms with van der Waals surface area (Å²) in [6.45, 7) is -0.115. The number of anilines is 2. The summed E-state index contributed by atoms with van der Waals surface area (Å²) in [5.74, 6) is 1.05. The van der Waals surface area contributed by atoms with Crippen molar-refractivity contribution in [3.05, 3.63) is 82.9 Å². The predicted octanol–water partition coefficient (Wildman–Crippen LogP) is 6.67. The third-order valence-corrected chi connectivity index (χ3v) is 6.51. The van der Waals surface area contributed by atoms with Gasteiger partial charge in [0.1, 0.15) is 11.5 Å². The molecule has 3 aromatic carbocycles. The maximum Gasteiger partial charge on any atom is 0.262 e. The second-order valence-corrected chi connectivity index (χ2v) is 9.00. The van der Waals surface area contributed by atoms with Crippen molar-refractivity contribution in [3.8, 4) is 11.5 Å². The second-order valence-electron chi connectivity index (χ2n) is 8.59. The van der Waals surface area contributed by atoms with Gasteiger partial charge in [0.2, 0.25) is 0 Å². The van der Waals surface area contributed by atoms with Gasteiger partial charge in [0.05, 0.1) is 23.4 Å². The van der Waals surface area contributed by atoms with Gasteiger partial charge in [-0.3, -0.25) is 9.59 Å². The number of amides is 2. The molecule has 0 spiro atoms. The second kappa shape index (κ2) is 11.8. The summed E-state index contributed by atoms with van der Waals surface area (Å²) in [5, 5.41) is 5.94. The third-order valence-electron chi connectivity index (χ3n) is 6.18. The van der Waals surface area contributed by atoms with Gasteiger partial charge in [0.15, 0.2) is 6.61 Å². The monoisotopic (exact) mass is 492 g/mol. The van der Waals surface area contributed by atoms with Crippen LogP contribution in [0, 0.1) is 0 Å². The number of benzene rings is 3. The standard InChI is InChI=1S/C28H29ClN2O4/c1-34-26-17-21(13-16-25(26)31-28(33)23-9-5-6-10-24(23)29)30-27(32)18-35-22-14-11-20(12-15-22)19-7-3-2-4-8-19/h5-6,9-17,19H,2-4,7-8,18H2,1H3,(H,30,32)(H,31,33). The quantitative estimate of drug-likeness (QED) is 0.368. The molecule has 0 radical (unpaired) electrons. The topological polar surface area (TPSA) is 76.7 Å². The minimum atomic E-state index is -0.353. The molecule has 0 aliphatic heterocycles. The van der Waals surface area contributed by atoms with Crippen molar-refractivity contribution >= 4 is 34.8 Å². The Morgan fingerprint density at radius 3 is 2.40 bits per heavy atom. The van der Waals surface area contributed by atoms with Crippen molar-refractivity contribution in [1.82, 2.24) is 0 Å². The number of rotatable bonds is 8. The molecule has 2 amide bonds. The molecule has 0 unspecified atom stereocenters. The Morgan fingerprint density at radius 2 is 1.69 bits per heavy atom. The minimum Gasteiger partial charge on any atom is -0.494 e. The van der Waals surface area contributed by atoms with Gasteiger partial charge in [0.25, 0.3) is 11.8 Å². The zero-order valence-electron chi connectivity index (χ0n) is 19.7. The minimum absolute atomic E-state index is 0.115. The maximum atomic E-state index is 12.6. The van der Waals surface area contributed by atoms with E-state index < -0.39 is 0 Å². The molecule has 6 nitrogen and oxygen atoms in total. The van der Waals surface area contributed by atoms with Gasteiger partial charge in [-0.05, 0) is 60.7 Å². The molecular weight excluding hydrogens is 464 g/mol. The van der Waals surface area contributed by atoms with Crippen molar-refractivity contribution in [2.45, 2.75) is 38.0 Å². The van der Waals surface area contributed by atoms with E-state index in [2.05, 4.69) is 22.8 Å². The Kier molecular flexibility index (Phi) is 8.27. The lowest BCUT2D eigenvalue weighted by atomic mass is 9.84. The van der Waals surface area contributed by atoms with Gasteiger partial charge < -0.3 is 20.1 Å². The Hall–Kier alpha value is -3.51. The lowest BCUT2D eigenvalue weighted by molar-refractivity contribution is -0.118. The van der Waals surface area contributed by atoms with Crippen LogP contribution < -0.4 is 20.1 Å². The van der Waals surface area contributed by atoms with E-state index in [9.17, 15) is 9.59 Å². The smallest absolute Gasteiger partial charge is 0.262 e. The van der Waals surface area contributed by atoms with E-state index in [-0.39, 0.29) is 18.4 Å². The highest BCUT2D eigenvalue weighted by Gasteiger charge is 2.16. The largest absolute Gasteiger partial charge is 0.494 e. The summed E-state index contributed by atoms with van der Waals surface area (Å²) >= 11 is 6.11. The Balaban J connectivity index is 1.32. The molecule has 1 fully saturated rings. The molecule has 0 aromatic heterocycles. The van der Waals surface area contributed by atoms with E-state index in [1.54, 1.807) is 42.5 Å². The normalized spacial score (nSPS) is 13.7. The molecule has 0 heterocycles. The van der Waals surface area contributed by atoms with Crippen molar-refractivity contribution in [2.24, 2.45) is 0 Å². The Bertz CT molecular complexity index is 1170. The zero-order valence-corrected chi connectivity index (χ0v) is 20.4. The average Bonchev–Trinajstić information content (AvgIpc) is 2.89. The zero-order chi connectivity index (χ0) is 24.6. The SMILES string of the molecule is COc1cc(NC(=O)COc2ccc(C3CCCCC3)cc2)ccc1NC(=O)c1ccccc1Cl. The molecule has 7 heteroatoms. The summed E-state index contributed by atoms with van der Waals surface area (Å²) in [4.78, 5) is 25.0. The number of hydrogen-bond donors (Lipinski definition) is 2. The van der Waals surface area contributed by atoms with E-state index in [1.807, 2.05) is 12.1 Å². The number of hydrogen-bond acceptors (Lipinski definition) is 4. The van der Waals surface area contributed by atoms with Gasteiger partial charge in [-0.15, -0.1) is 0 Å². The highest BCUT2D eigenvalue weighted by Crippen LogP contribution is 2.33. The van der Waals surface area contributed by atoms with Crippen LogP contribution in [0.2, 0.25) is 5.02 Å². The van der Waals surface area contributed by atoms with E-state index in [1.165, 1.54) is 44.8 Å². The van der Waals surface area contributed by atoms with Crippen LogP contribution in [0.5, 0.6) is 11.5 Å². The lowest BCUT2D eigenvalue weighted by Gasteiger charge is -2.22. The first kappa shape index (κ1) is 24.6. The molecule has 0 atom stereocenters. The molecule has 2 N–H and O–H groups in total. The van der Waals surface area contributed by atoms with Crippen LogP contribution in [0.4, 0.5) is 11.4 Å². The molecule has 1 aliphatic rings. The molecule has 0 saturated heterocycles. The molecular formula is C28H29ClN2O4. The van der Waals surface area contributed by atoms with E-state index in [0.29, 0.717) is 39.4 Å². The van der Waals surface area contributed by atoms with Gasteiger partial charge in [-0.1, -0.05) is 55.1 Å². The number of carbonyl (C=O) groups is 2. The van der Waals surface area contributed by atoms with Crippen LogP contribution in [-0.2, 0) is 4.79 Å². The average molecular weight is 493 g/mol. The van der Waals surface area contributed by atoms with E-state index >= 15 is 0 Å². The fourth-order valence-electron chi connectivity index (χ4n) is 4.33. The molecule has 3 aromatic rings. The van der Waals surface area contributed by atoms with Gasteiger partial charge >= 0.3 is 0 Å². The molecule has 0 bridgehead atoms. The first-order chi connectivity index (χ1) is 17.0. The molecule has 182 valence electrons. The number of ether oxygens (including phenoxy) is 2. The highest BCUT2D eigenvalue weighted by molar-refractivity contribution is 6.34. The predicted molar refractivity (Wildman–Crippen MR) is 139 cm³/mol. The number of halogens is 1. The molecule has 1 saturated carbocycles. The van der Waals surface area contributed by atoms with Crippen LogP contribution in [0.15, 0.2) is 66.7 Å². The molecule has 35 heavy (non-hydrogen) atoms. The van der Waals surface area contributed by atoms with Gasteiger partial charge in [-0.2, -0.15) is 0 Å². The Morgan fingerprint density at radius 1 is 0.943 bits per heavy atom. The van der Waals surface area contributed by atoms with Crippen molar-refractivity contribution in [1.29, 1.82) is 0 Å². The van der Waals surface area contributed by atoms with Gasteiger partial charge in [-0.25, -0.2) is 0 Å². The van der Waals surface area contributed by atoms with Crippen LogP contribution in [0.3, 0.4) is 0 Å². The maximum absolute atomic E-state index is 12.6. The highest BCUT2D eigenvalue weighted by atomic mass is 35.5. The van der Waals surface area contributed by atoms with Crippen molar-refractivity contribution < 1.29 is 19.1 Å². The van der Waals surface area contributed by atoms with Crippen LogP contribution in [-0.4, -0.2) is 25.5 Å². The van der Waals surface area contributed by atoms with Crippen LogP contribution in [0.25, 0.3) is 0 Å². The summed E-state index contributed by atoms with van der Waals surface area (Å²) in [6.07, 6.45) is 6.41. The first-order valence-electron chi connectivity index (χ1n) is 11.8. The van der Waals surface area contributed by atoms with Crippen molar-refractivity contribution in [3.63, 3.8) is 0 Å². The van der Waals surface area contributed by atoms with Crippen LogP contribution in [0.1, 0.15) is 53.9 Å². The summed E-state index contributed by atoms with van der Waals surface area (Å²) < 4.78 is 11.1. The molecule has 1 aliphatic carbocycles. The van der Waals surface area contributed by atoms with Crippen molar-refractivity contribution in [2.75, 3.05) is 24.4 Å². The number of carbonyl (C=O) groups excluding carboxylic acids is 2. The van der Waals surface area contributed by atoms with E-state index in [0.717, 1.165) is 0 Å². The summed E-state index contributed by atoms with van der Waals surface area (Å²) in [5.41, 5.74) is 2.69. The van der Waals surface area contributed by atoms with Gasteiger partial charge in [0, 0.05) is 11.8 Å². The summed E-state index contributed by atoms with van der Waals surface area (Å²) in [6, 6.07) is 19.8. The lowest BCUT2D eigenvalue weighted by Crippen LogP contribution is -2.20. The third kappa shape index (κ3) is 6.55. The first-order valence-corrected chi connectivity index (χ1v) is 12.2. The fourth-order valence-corrected chi connectivity index (χ4v) is 4.55. The van der Waals surface area contributed by atoms with E-state index in [4.69, 9.17) is 21.1 Å².